The predicted octanol–water partition coefficient (Wildman–Crippen LogP) is 4.21. The molecular weight excluding hydrogens is 262 g/mol. The molecule has 106 valence electrons. The first kappa shape index (κ1) is 13.4. The number of aromatic nitrogens is 1. The van der Waals surface area contributed by atoms with Gasteiger partial charge in [0.05, 0.1) is 5.92 Å². The van der Waals surface area contributed by atoms with Crippen LogP contribution in [0.25, 0.3) is 16.5 Å². The van der Waals surface area contributed by atoms with E-state index in [9.17, 15) is 9.90 Å². The van der Waals surface area contributed by atoms with Crippen molar-refractivity contribution in [3.05, 3.63) is 66.5 Å². The van der Waals surface area contributed by atoms with E-state index >= 15 is 0 Å². The topological polar surface area (TPSA) is 42.2 Å². The number of rotatable bonds is 4. The molecule has 0 amide bonds. The quantitative estimate of drug-likeness (QED) is 0.777. The number of benzene rings is 2. The van der Waals surface area contributed by atoms with Gasteiger partial charge < -0.3 is 9.67 Å². The molecule has 3 aromatic rings. The molecule has 1 unspecified atom stereocenters. The van der Waals surface area contributed by atoms with Crippen molar-refractivity contribution in [3.63, 3.8) is 0 Å². The molecule has 0 saturated heterocycles. The third-order valence-corrected chi connectivity index (χ3v) is 3.85. The van der Waals surface area contributed by atoms with E-state index < -0.39 is 11.9 Å². The summed E-state index contributed by atoms with van der Waals surface area (Å²) in [7, 11) is 0. The molecular formula is C18H17NO2. The lowest BCUT2D eigenvalue weighted by Gasteiger charge is -2.11. The van der Waals surface area contributed by atoms with E-state index in [0.717, 1.165) is 11.3 Å². The summed E-state index contributed by atoms with van der Waals surface area (Å²) in [5.74, 6) is -1.19. The molecule has 1 heterocycles. The van der Waals surface area contributed by atoms with Gasteiger partial charge in [-0.1, -0.05) is 43.3 Å². The molecule has 0 aliphatic rings. The molecule has 3 rings (SSSR count). The fraction of sp³-hybridized carbons (Fsp3) is 0.167. The van der Waals surface area contributed by atoms with Gasteiger partial charge in [-0.25, -0.2) is 0 Å². The lowest BCUT2D eigenvalue weighted by molar-refractivity contribution is -0.138. The summed E-state index contributed by atoms with van der Waals surface area (Å²) >= 11 is 0. The van der Waals surface area contributed by atoms with Gasteiger partial charge in [0.25, 0.3) is 0 Å². The lowest BCUT2D eigenvalue weighted by atomic mass is 9.96. The van der Waals surface area contributed by atoms with Crippen LogP contribution in [0.2, 0.25) is 0 Å². The average Bonchev–Trinajstić information content (AvgIpc) is 2.92. The molecule has 3 nitrogen and oxygen atoms in total. The normalized spacial score (nSPS) is 12.4. The van der Waals surface area contributed by atoms with Crippen LogP contribution in [0.1, 0.15) is 24.8 Å². The van der Waals surface area contributed by atoms with Gasteiger partial charge in [-0.2, -0.15) is 0 Å². The molecule has 0 radical (unpaired) electrons. The molecule has 3 heteroatoms. The van der Waals surface area contributed by atoms with Crippen LogP contribution < -0.4 is 0 Å². The molecule has 1 aromatic heterocycles. The molecule has 21 heavy (non-hydrogen) atoms. The Balaban J connectivity index is 1.95. The summed E-state index contributed by atoms with van der Waals surface area (Å²) in [6.07, 6.45) is 4.76. The first-order valence-corrected chi connectivity index (χ1v) is 7.09. The third kappa shape index (κ3) is 2.55. The fourth-order valence-electron chi connectivity index (χ4n) is 2.66. The van der Waals surface area contributed by atoms with E-state index in [1.165, 1.54) is 10.8 Å². The molecule has 0 aliphatic heterocycles. The van der Waals surface area contributed by atoms with Crippen molar-refractivity contribution in [1.82, 2.24) is 4.57 Å². The minimum atomic E-state index is -0.767. The van der Waals surface area contributed by atoms with Gasteiger partial charge in [0.2, 0.25) is 0 Å². The summed E-state index contributed by atoms with van der Waals surface area (Å²) in [6, 6.07) is 16.0. The van der Waals surface area contributed by atoms with Gasteiger partial charge in [-0.15, -0.1) is 0 Å². The molecule has 0 aliphatic carbocycles. The zero-order valence-electron chi connectivity index (χ0n) is 11.9. The Hall–Kier alpha value is -2.55. The minimum Gasteiger partial charge on any atom is -0.481 e. The highest BCUT2D eigenvalue weighted by Crippen LogP contribution is 2.23. The van der Waals surface area contributed by atoms with Crippen LogP contribution >= 0.6 is 0 Å². The molecule has 0 bridgehead atoms. The monoisotopic (exact) mass is 279 g/mol. The Kier molecular flexibility index (Phi) is 3.48. The van der Waals surface area contributed by atoms with Gasteiger partial charge >= 0.3 is 5.97 Å². The van der Waals surface area contributed by atoms with Gasteiger partial charge in [0, 0.05) is 18.1 Å². The van der Waals surface area contributed by atoms with E-state index in [0.29, 0.717) is 6.42 Å². The van der Waals surface area contributed by atoms with Crippen LogP contribution in [-0.4, -0.2) is 15.6 Å². The van der Waals surface area contributed by atoms with Crippen LogP contribution in [-0.2, 0) is 4.79 Å². The van der Waals surface area contributed by atoms with Crippen molar-refractivity contribution in [2.45, 2.75) is 19.3 Å². The molecule has 1 atom stereocenters. The first-order chi connectivity index (χ1) is 10.2. The average molecular weight is 279 g/mol. The summed E-state index contributed by atoms with van der Waals surface area (Å²) in [5, 5.41) is 11.6. The zero-order chi connectivity index (χ0) is 14.8. The molecule has 2 aromatic carbocycles. The van der Waals surface area contributed by atoms with Crippen molar-refractivity contribution in [3.8, 4) is 5.69 Å². The van der Waals surface area contributed by atoms with Gasteiger partial charge in [0.1, 0.15) is 0 Å². The largest absolute Gasteiger partial charge is 0.481 e. The Morgan fingerprint density at radius 1 is 1.05 bits per heavy atom. The van der Waals surface area contributed by atoms with Crippen LogP contribution in [0, 0.1) is 0 Å². The van der Waals surface area contributed by atoms with Crippen molar-refractivity contribution < 1.29 is 9.90 Å². The van der Waals surface area contributed by atoms with Crippen LogP contribution in [0.15, 0.2) is 60.9 Å². The van der Waals surface area contributed by atoms with Crippen molar-refractivity contribution in [2.24, 2.45) is 0 Å². The standard InChI is InChI=1S/C18H17NO2/c1-2-17(18(20)21)13-7-9-16(10-8-13)19-11-14-5-3-4-6-15(14)12-19/h3-12,17H,2H2,1H3,(H,20,21). The van der Waals surface area contributed by atoms with E-state index in [2.05, 4.69) is 29.1 Å². The van der Waals surface area contributed by atoms with Crippen molar-refractivity contribution in [1.29, 1.82) is 0 Å². The van der Waals surface area contributed by atoms with Crippen molar-refractivity contribution in [2.75, 3.05) is 0 Å². The molecule has 0 saturated carbocycles. The number of hydrogen-bond donors (Lipinski definition) is 1. The second kappa shape index (κ2) is 5.44. The zero-order valence-corrected chi connectivity index (χ0v) is 11.9. The summed E-state index contributed by atoms with van der Waals surface area (Å²) in [6.45, 7) is 1.89. The third-order valence-electron chi connectivity index (χ3n) is 3.85. The van der Waals surface area contributed by atoms with Gasteiger partial charge in [-0.3, -0.25) is 4.79 Å². The Morgan fingerprint density at radius 3 is 2.10 bits per heavy atom. The molecule has 0 spiro atoms. The van der Waals surface area contributed by atoms with Crippen LogP contribution in [0.5, 0.6) is 0 Å². The summed E-state index contributed by atoms with van der Waals surface area (Å²) < 4.78 is 2.07. The van der Waals surface area contributed by atoms with Crippen LogP contribution in [0.4, 0.5) is 0 Å². The van der Waals surface area contributed by atoms with Gasteiger partial charge in [0.15, 0.2) is 0 Å². The number of carboxylic acids is 1. The van der Waals surface area contributed by atoms with E-state index in [1.807, 2.05) is 43.3 Å². The highest BCUT2D eigenvalue weighted by atomic mass is 16.4. The number of fused-ring (bicyclic) bond motifs is 1. The SMILES string of the molecule is CCC(C(=O)O)c1ccc(-n2cc3ccccc3c2)cc1. The molecule has 1 N–H and O–H groups in total. The first-order valence-electron chi connectivity index (χ1n) is 7.09. The van der Waals surface area contributed by atoms with E-state index in [1.54, 1.807) is 0 Å². The number of nitrogens with zero attached hydrogens (tertiary/aromatic N) is 1. The number of hydrogen-bond acceptors (Lipinski definition) is 1. The smallest absolute Gasteiger partial charge is 0.310 e. The minimum absolute atomic E-state index is 0.428. The summed E-state index contributed by atoms with van der Waals surface area (Å²) in [4.78, 5) is 11.2. The maximum absolute atomic E-state index is 11.2. The number of aliphatic carboxylic acids is 1. The lowest BCUT2D eigenvalue weighted by Crippen LogP contribution is -2.10. The highest BCUT2D eigenvalue weighted by Gasteiger charge is 2.17. The summed E-state index contributed by atoms with van der Waals surface area (Å²) in [5.41, 5.74) is 1.89. The maximum atomic E-state index is 11.2. The second-order valence-corrected chi connectivity index (χ2v) is 5.18. The number of carbonyl (C=O) groups is 1. The predicted molar refractivity (Wildman–Crippen MR) is 83.9 cm³/mol. The Labute approximate surface area is 123 Å². The fourth-order valence-corrected chi connectivity index (χ4v) is 2.66. The van der Waals surface area contributed by atoms with Crippen LogP contribution in [0.3, 0.4) is 0 Å². The highest BCUT2D eigenvalue weighted by molar-refractivity contribution is 5.83. The Bertz CT molecular complexity index is 738. The van der Waals surface area contributed by atoms with E-state index in [4.69, 9.17) is 0 Å². The van der Waals surface area contributed by atoms with E-state index in [-0.39, 0.29) is 0 Å². The second-order valence-electron chi connectivity index (χ2n) is 5.18. The molecule has 0 fully saturated rings. The maximum Gasteiger partial charge on any atom is 0.310 e. The van der Waals surface area contributed by atoms with Crippen molar-refractivity contribution >= 4 is 16.7 Å². The Morgan fingerprint density at radius 2 is 1.62 bits per heavy atom. The van der Waals surface area contributed by atoms with Gasteiger partial charge in [-0.05, 0) is 34.9 Å². The number of carboxylic acid groups (broad SMARTS) is 1.